The van der Waals surface area contributed by atoms with E-state index in [0.29, 0.717) is 31.6 Å². The van der Waals surface area contributed by atoms with Crippen molar-refractivity contribution < 1.29 is 19.4 Å². The van der Waals surface area contributed by atoms with Gasteiger partial charge in [0.2, 0.25) is 0 Å². The van der Waals surface area contributed by atoms with Crippen molar-refractivity contribution >= 4 is 11.9 Å². The first kappa shape index (κ1) is 18.2. The van der Waals surface area contributed by atoms with E-state index in [-0.39, 0.29) is 12.3 Å². The van der Waals surface area contributed by atoms with E-state index in [1.54, 1.807) is 0 Å². The lowest BCUT2D eigenvalue weighted by atomic mass is 9.86. The summed E-state index contributed by atoms with van der Waals surface area (Å²) >= 11 is 0. The van der Waals surface area contributed by atoms with Crippen molar-refractivity contribution in [2.75, 3.05) is 13.2 Å². The number of carboxylic acid groups (broad SMARTS) is 1. The number of aliphatic carboxylic acids is 1. The highest BCUT2D eigenvalue weighted by Gasteiger charge is 2.37. The van der Waals surface area contributed by atoms with Gasteiger partial charge in [0.15, 0.2) is 0 Å². The van der Waals surface area contributed by atoms with Gasteiger partial charge in [0.25, 0.3) is 5.91 Å². The number of ether oxygens (including phenoxy) is 1. The van der Waals surface area contributed by atoms with Gasteiger partial charge in [-0.2, -0.15) is 0 Å². The number of rotatable bonds is 5. The molecule has 1 amide bonds. The van der Waals surface area contributed by atoms with Gasteiger partial charge < -0.3 is 19.7 Å². The number of nitrogens with one attached hydrogen (secondary N) is 1. The first-order valence-corrected chi connectivity index (χ1v) is 8.78. The number of hydrogen-bond acceptors (Lipinski definition) is 3. The van der Waals surface area contributed by atoms with Crippen LogP contribution in [0.2, 0.25) is 0 Å². The van der Waals surface area contributed by atoms with E-state index < -0.39 is 11.5 Å². The van der Waals surface area contributed by atoms with Crippen molar-refractivity contribution in [1.29, 1.82) is 0 Å². The smallest absolute Gasteiger partial charge is 0.305 e. The lowest BCUT2D eigenvalue weighted by molar-refractivity contribution is -0.139. The highest BCUT2D eigenvalue weighted by Crippen LogP contribution is 2.27. The molecular weight excluding hydrogens is 332 g/mol. The molecule has 3 rings (SSSR count). The molecule has 1 fully saturated rings. The molecule has 0 radical (unpaired) electrons. The molecule has 2 aromatic rings. The van der Waals surface area contributed by atoms with Crippen LogP contribution in [0.3, 0.4) is 0 Å². The van der Waals surface area contributed by atoms with E-state index in [1.165, 1.54) is 0 Å². The first-order chi connectivity index (χ1) is 12.4. The fraction of sp³-hybridized carbons (Fsp3) is 0.400. The van der Waals surface area contributed by atoms with Crippen LogP contribution in [0.1, 0.15) is 41.0 Å². The number of aryl methyl sites for hydroxylation is 1. The van der Waals surface area contributed by atoms with Gasteiger partial charge in [0, 0.05) is 30.3 Å². The average Bonchev–Trinajstić information content (AvgIpc) is 2.90. The fourth-order valence-electron chi connectivity index (χ4n) is 3.67. The van der Waals surface area contributed by atoms with Crippen molar-refractivity contribution in [3.63, 3.8) is 0 Å². The summed E-state index contributed by atoms with van der Waals surface area (Å²) in [5.74, 6) is -1.15. The van der Waals surface area contributed by atoms with Crippen LogP contribution in [0.5, 0.6) is 0 Å². The molecule has 1 saturated heterocycles. The summed E-state index contributed by atoms with van der Waals surface area (Å²) in [4.78, 5) is 24.3. The van der Waals surface area contributed by atoms with Gasteiger partial charge >= 0.3 is 5.97 Å². The van der Waals surface area contributed by atoms with Gasteiger partial charge in [0.05, 0.1) is 17.5 Å². The molecule has 6 heteroatoms. The van der Waals surface area contributed by atoms with Crippen LogP contribution in [0.25, 0.3) is 5.69 Å². The third kappa shape index (κ3) is 3.65. The summed E-state index contributed by atoms with van der Waals surface area (Å²) in [6.45, 7) is 4.77. The zero-order valence-corrected chi connectivity index (χ0v) is 15.1. The molecule has 2 N–H and O–H groups in total. The molecule has 0 saturated carbocycles. The number of hydrogen-bond donors (Lipinski definition) is 2. The Hall–Kier alpha value is -2.60. The molecule has 26 heavy (non-hydrogen) atoms. The highest BCUT2D eigenvalue weighted by atomic mass is 16.5. The monoisotopic (exact) mass is 356 g/mol. The molecule has 1 aliphatic heterocycles. The summed E-state index contributed by atoms with van der Waals surface area (Å²) < 4.78 is 7.38. The number of para-hydroxylation sites is 1. The van der Waals surface area contributed by atoms with E-state index in [0.717, 1.165) is 17.1 Å². The predicted molar refractivity (Wildman–Crippen MR) is 97.7 cm³/mol. The van der Waals surface area contributed by atoms with Crippen LogP contribution in [-0.4, -0.2) is 40.3 Å². The van der Waals surface area contributed by atoms with Gasteiger partial charge in [-0.1, -0.05) is 18.2 Å². The Morgan fingerprint density at radius 3 is 2.46 bits per heavy atom. The van der Waals surface area contributed by atoms with Gasteiger partial charge in [-0.05, 0) is 44.9 Å². The van der Waals surface area contributed by atoms with Crippen LogP contribution in [-0.2, 0) is 9.53 Å². The van der Waals surface area contributed by atoms with E-state index >= 15 is 0 Å². The SMILES string of the molecule is Cc1cc(C(=O)NC2(CC(=O)O)CCOCC2)c(C)n1-c1ccccc1. The molecule has 0 unspecified atom stereocenters. The van der Waals surface area contributed by atoms with Crippen LogP contribution < -0.4 is 5.32 Å². The average molecular weight is 356 g/mol. The number of amides is 1. The van der Waals surface area contributed by atoms with Crippen LogP contribution >= 0.6 is 0 Å². The Morgan fingerprint density at radius 1 is 1.19 bits per heavy atom. The topological polar surface area (TPSA) is 80.6 Å². The predicted octanol–water partition coefficient (Wildman–Crippen LogP) is 2.85. The lowest BCUT2D eigenvalue weighted by Gasteiger charge is -2.36. The van der Waals surface area contributed by atoms with Crippen molar-refractivity contribution in [3.05, 3.63) is 53.3 Å². The molecule has 0 bridgehead atoms. The Kier molecular flexibility index (Phi) is 5.13. The van der Waals surface area contributed by atoms with Crippen molar-refractivity contribution in [3.8, 4) is 5.69 Å². The number of nitrogens with zero attached hydrogens (tertiary/aromatic N) is 1. The minimum absolute atomic E-state index is 0.0977. The second kappa shape index (κ2) is 7.33. The summed E-state index contributed by atoms with van der Waals surface area (Å²) in [5.41, 5.74) is 2.61. The second-order valence-electron chi connectivity index (χ2n) is 6.87. The third-order valence-corrected chi connectivity index (χ3v) is 5.01. The van der Waals surface area contributed by atoms with E-state index in [4.69, 9.17) is 4.74 Å². The Balaban J connectivity index is 1.89. The minimum atomic E-state index is -0.915. The third-order valence-electron chi connectivity index (χ3n) is 5.01. The molecule has 0 atom stereocenters. The number of aromatic nitrogens is 1. The van der Waals surface area contributed by atoms with Crippen molar-refractivity contribution in [2.24, 2.45) is 0 Å². The van der Waals surface area contributed by atoms with E-state index in [9.17, 15) is 14.7 Å². The maximum absolute atomic E-state index is 13.0. The highest BCUT2D eigenvalue weighted by molar-refractivity contribution is 5.96. The molecule has 2 heterocycles. The molecule has 1 aromatic carbocycles. The first-order valence-electron chi connectivity index (χ1n) is 8.78. The summed E-state index contributed by atoms with van der Waals surface area (Å²) in [5, 5.41) is 12.3. The number of carboxylic acids is 1. The molecule has 0 spiro atoms. The van der Waals surface area contributed by atoms with Gasteiger partial charge in [-0.15, -0.1) is 0 Å². The lowest BCUT2D eigenvalue weighted by Crippen LogP contribution is -2.53. The zero-order valence-electron chi connectivity index (χ0n) is 15.1. The normalized spacial score (nSPS) is 16.2. The maximum atomic E-state index is 13.0. The van der Waals surface area contributed by atoms with Crippen LogP contribution in [0.4, 0.5) is 0 Å². The van der Waals surface area contributed by atoms with E-state index in [2.05, 4.69) is 5.32 Å². The molecular formula is C20H24N2O4. The van der Waals surface area contributed by atoms with Gasteiger partial charge in [0.1, 0.15) is 0 Å². The maximum Gasteiger partial charge on any atom is 0.305 e. The largest absolute Gasteiger partial charge is 0.481 e. The number of benzene rings is 1. The standard InChI is InChI=1S/C20H24N2O4/c1-14-12-17(15(2)22(14)16-6-4-3-5-7-16)19(25)21-20(13-18(23)24)8-10-26-11-9-20/h3-7,12H,8-11,13H2,1-2H3,(H,21,25)(H,23,24). The molecule has 1 aromatic heterocycles. The summed E-state index contributed by atoms with van der Waals surface area (Å²) in [7, 11) is 0. The molecule has 0 aliphatic carbocycles. The van der Waals surface area contributed by atoms with Gasteiger partial charge in [-0.3, -0.25) is 9.59 Å². The Labute approximate surface area is 152 Å². The van der Waals surface area contributed by atoms with Crippen molar-refractivity contribution in [1.82, 2.24) is 9.88 Å². The number of carbonyl (C=O) groups is 2. The van der Waals surface area contributed by atoms with Crippen LogP contribution in [0, 0.1) is 13.8 Å². The Bertz CT molecular complexity index is 805. The Morgan fingerprint density at radius 2 is 1.85 bits per heavy atom. The summed E-state index contributed by atoms with van der Waals surface area (Å²) in [6, 6.07) is 11.7. The van der Waals surface area contributed by atoms with Crippen molar-refractivity contribution in [2.45, 2.75) is 38.6 Å². The summed E-state index contributed by atoms with van der Waals surface area (Å²) in [6.07, 6.45) is 0.907. The van der Waals surface area contributed by atoms with E-state index in [1.807, 2.05) is 54.8 Å². The zero-order chi connectivity index (χ0) is 18.7. The quantitative estimate of drug-likeness (QED) is 0.863. The van der Waals surface area contributed by atoms with Crippen LogP contribution in [0.15, 0.2) is 36.4 Å². The molecule has 138 valence electrons. The minimum Gasteiger partial charge on any atom is -0.481 e. The molecule has 6 nitrogen and oxygen atoms in total. The van der Waals surface area contributed by atoms with Gasteiger partial charge in [-0.25, -0.2) is 0 Å². The fourth-order valence-corrected chi connectivity index (χ4v) is 3.67. The molecule has 1 aliphatic rings. The second-order valence-corrected chi connectivity index (χ2v) is 6.87. The number of carbonyl (C=O) groups excluding carboxylic acids is 1.